The summed E-state index contributed by atoms with van der Waals surface area (Å²) >= 11 is 5.45. The predicted molar refractivity (Wildman–Crippen MR) is 141 cm³/mol. The maximum absolute atomic E-state index is 13.0. The third-order valence-corrected chi connectivity index (χ3v) is 5.51. The van der Waals surface area contributed by atoms with Crippen molar-refractivity contribution in [3.63, 3.8) is 0 Å². The van der Waals surface area contributed by atoms with E-state index in [4.69, 9.17) is 17.0 Å². The van der Waals surface area contributed by atoms with E-state index in [2.05, 4.69) is 31.4 Å². The standard InChI is InChI=1S/C28H32N2O2S/c1-19-9-15-25(16-10-19)32-18-20(2)29-27(33)30-24-8-6-7-22(17-24)26(31)21-11-13-23(14-12-21)28(3,4)5/h6-17,20H,18H2,1-5H3,(H2,29,30,33)/t20-/m0/s1. The van der Waals surface area contributed by atoms with Crippen LogP contribution >= 0.6 is 12.2 Å². The molecule has 0 fully saturated rings. The maximum atomic E-state index is 13.0. The third kappa shape index (κ3) is 7.16. The third-order valence-electron chi connectivity index (χ3n) is 5.29. The van der Waals surface area contributed by atoms with E-state index in [0.29, 0.717) is 22.8 Å². The second-order valence-electron chi connectivity index (χ2n) is 9.36. The highest BCUT2D eigenvalue weighted by Gasteiger charge is 2.15. The van der Waals surface area contributed by atoms with Gasteiger partial charge in [-0.3, -0.25) is 4.79 Å². The summed E-state index contributed by atoms with van der Waals surface area (Å²) in [5, 5.41) is 6.87. The molecule has 0 radical (unpaired) electrons. The molecule has 3 rings (SSSR count). The van der Waals surface area contributed by atoms with Crippen LogP contribution in [0.25, 0.3) is 0 Å². The fraction of sp³-hybridized carbons (Fsp3) is 0.286. The van der Waals surface area contributed by atoms with Gasteiger partial charge in [0.25, 0.3) is 0 Å². The van der Waals surface area contributed by atoms with Crippen LogP contribution in [0.15, 0.2) is 72.8 Å². The fourth-order valence-corrected chi connectivity index (χ4v) is 3.63. The van der Waals surface area contributed by atoms with Crippen molar-refractivity contribution >= 4 is 28.8 Å². The van der Waals surface area contributed by atoms with E-state index in [0.717, 1.165) is 11.4 Å². The van der Waals surface area contributed by atoms with Gasteiger partial charge >= 0.3 is 0 Å². The summed E-state index contributed by atoms with van der Waals surface area (Å²) in [6.07, 6.45) is 0. The molecule has 0 spiro atoms. The average Bonchev–Trinajstić information content (AvgIpc) is 2.78. The first-order valence-electron chi connectivity index (χ1n) is 11.1. The van der Waals surface area contributed by atoms with Crippen LogP contribution < -0.4 is 15.4 Å². The summed E-state index contributed by atoms with van der Waals surface area (Å²) in [4.78, 5) is 13.0. The van der Waals surface area contributed by atoms with E-state index in [1.807, 2.05) is 86.6 Å². The van der Waals surface area contributed by atoms with Crippen molar-refractivity contribution in [2.45, 2.75) is 46.1 Å². The number of benzene rings is 3. The Labute approximate surface area is 202 Å². The van der Waals surface area contributed by atoms with Gasteiger partial charge in [-0.15, -0.1) is 0 Å². The van der Waals surface area contributed by atoms with Crippen molar-refractivity contribution in [2.24, 2.45) is 0 Å². The van der Waals surface area contributed by atoms with Gasteiger partial charge in [0.1, 0.15) is 12.4 Å². The number of ether oxygens (including phenoxy) is 1. The Bertz CT molecular complexity index is 1100. The Kier molecular flexibility index (Phi) is 7.88. The van der Waals surface area contributed by atoms with Gasteiger partial charge < -0.3 is 15.4 Å². The van der Waals surface area contributed by atoms with E-state index < -0.39 is 0 Å². The molecular formula is C28H32N2O2S. The largest absolute Gasteiger partial charge is 0.491 e. The highest BCUT2D eigenvalue weighted by molar-refractivity contribution is 7.80. The van der Waals surface area contributed by atoms with Crippen LogP contribution in [-0.2, 0) is 5.41 Å². The summed E-state index contributed by atoms with van der Waals surface area (Å²) in [5.74, 6) is 0.813. The molecule has 0 unspecified atom stereocenters. The van der Waals surface area contributed by atoms with Gasteiger partial charge in [0, 0.05) is 16.8 Å². The Balaban J connectivity index is 1.57. The van der Waals surface area contributed by atoms with E-state index in [9.17, 15) is 4.79 Å². The van der Waals surface area contributed by atoms with Crippen molar-refractivity contribution in [3.8, 4) is 5.75 Å². The van der Waals surface area contributed by atoms with Crippen LogP contribution in [0.4, 0.5) is 5.69 Å². The molecule has 0 bridgehead atoms. The zero-order valence-electron chi connectivity index (χ0n) is 19.9. The Morgan fingerprint density at radius 2 is 1.64 bits per heavy atom. The van der Waals surface area contributed by atoms with Crippen LogP contribution in [-0.4, -0.2) is 23.5 Å². The number of aryl methyl sites for hydroxylation is 1. The highest BCUT2D eigenvalue weighted by atomic mass is 32.1. The molecular weight excluding hydrogens is 428 g/mol. The zero-order valence-corrected chi connectivity index (χ0v) is 20.8. The van der Waals surface area contributed by atoms with E-state index in [-0.39, 0.29) is 17.2 Å². The molecule has 0 saturated heterocycles. The number of rotatable bonds is 7. The summed E-state index contributed by atoms with van der Waals surface area (Å²) in [5.41, 5.74) is 4.49. The van der Waals surface area contributed by atoms with Gasteiger partial charge in [-0.05, 0) is 61.3 Å². The first-order valence-corrected chi connectivity index (χ1v) is 11.5. The van der Waals surface area contributed by atoms with Crippen molar-refractivity contribution < 1.29 is 9.53 Å². The minimum atomic E-state index is -0.0159. The van der Waals surface area contributed by atoms with Gasteiger partial charge in [-0.2, -0.15) is 0 Å². The number of carbonyl (C=O) groups is 1. The zero-order chi connectivity index (χ0) is 24.0. The van der Waals surface area contributed by atoms with Gasteiger partial charge in [-0.25, -0.2) is 0 Å². The molecule has 2 N–H and O–H groups in total. The lowest BCUT2D eigenvalue weighted by atomic mass is 9.86. The predicted octanol–water partition coefficient (Wildman–Crippen LogP) is 6.28. The van der Waals surface area contributed by atoms with E-state index in [1.165, 1.54) is 11.1 Å². The summed E-state index contributed by atoms with van der Waals surface area (Å²) in [6.45, 7) is 11.0. The lowest BCUT2D eigenvalue weighted by Crippen LogP contribution is -2.39. The van der Waals surface area contributed by atoms with Crippen LogP contribution in [0.1, 0.15) is 54.7 Å². The first-order chi connectivity index (χ1) is 15.6. The molecule has 1 atom stereocenters. The first kappa shape index (κ1) is 24.5. The number of hydrogen-bond acceptors (Lipinski definition) is 3. The molecule has 0 aliphatic heterocycles. The molecule has 0 aliphatic rings. The maximum Gasteiger partial charge on any atom is 0.193 e. The Hall–Kier alpha value is -3.18. The molecule has 0 aliphatic carbocycles. The van der Waals surface area contributed by atoms with Crippen molar-refractivity contribution in [2.75, 3.05) is 11.9 Å². The molecule has 5 heteroatoms. The highest BCUT2D eigenvalue weighted by Crippen LogP contribution is 2.23. The van der Waals surface area contributed by atoms with Crippen LogP contribution in [0.5, 0.6) is 5.75 Å². The van der Waals surface area contributed by atoms with E-state index >= 15 is 0 Å². The Morgan fingerprint density at radius 1 is 0.970 bits per heavy atom. The Morgan fingerprint density at radius 3 is 2.27 bits per heavy atom. The minimum absolute atomic E-state index is 0.0115. The molecule has 3 aromatic rings. The van der Waals surface area contributed by atoms with Crippen molar-refractivity contribution in [1.29, 1.82) is 0 Å². The molecule has 0 heterocycles. The molecule has 172 valence electrons. The second kappa shape index (κ2) is 10.6. The normalized spacial score (nSPS) is 12.0. The van der Waals surface area contributed by atoms with Gasteiger partial charge in [0.2, 0.25) is 0 Å². The van der Waals surface area contributed by atoms with Crippen molar-refractivity contribution in [3.05, 3.63) is 95.1 Å². The van der Waals surface area contributed by atoms with Crippen molar-refractivity contribution in [1.82, 2.24) is 5.32 Å². The number of carbonyl (C=O) groups excluding carboxylic acids is 1. The molecule has 3 aromatic carbocycles. The number of anilines is 1. The van der Waals surface area contributed by atoms with Gasteiger partial charge in [0.05, 0.1) is 6.04 Å². The molecule has 0 amide bonds. The SMILES string of the molecule is Cc1ccc(OC[C@H](C)NC(=S)Nc2cccc(C(=O)c3ccc(C(C)(C)C)cc3)c2)cc1. The van der Waals surface area contributed by atoms with Crippen LogP contribution in [0.3, 0.4) is 0 Å². The number of nitrogens with one attached hydrogen (secondary N) is 2. The number of thiocarbonyl (C=S) groups is 1. The van der Waals surface area contributed by atoms with Gasteiger partial charge in [-0.1, -0.05) is 74.9 Å². The number of ketones is 1. The average molecular weight is 461 g/mol. The second-order valence-corrected chi connectivity index (χ2v) is 9.77. The van der Waals surface area contributed by atoms with Crippen LogP contribution in [0.2, 0.25) is 0 Å². The lowest BCUT2D eigenvalue weighted by molar-refractivity contribution is 0.103. The summed E-state index contributed by atoms with van der Waals surface area (Å²) in [7, 11) is 0. The fourth-order valence-electron chi connectivity index (χ4n) is 3.31. The molecule has 4 nitrogen and oxygen atoms in total. The van der Waals surface area contributed by atoms with Gasteiger partial charge in [0.15, 0.2) is 10.9 Å². The molecule has 0 aromatic heterocycles. The monoisotopic (exact) mass is 460 g/mol. The lowest BCUT2D eigenvalue weighted by Gasteiger charge is -2.19. The summed E-state index contributed by atoms with van der Waals surface area (Å²) in [6, 6.07) is 23.2. The van der Waals surface area contributed by atoms with E-state index in [1.54, 1.807) is 0 Å². The van der Waals surface area contributed by atoms with Crippen LogP contribution in [0, 0.1) is 6.92 Å². The summed E-state index contributed by atoms with van der Waals surface area (Å²) < 4.78 is 5.81. The molecule has 33 heavy (non-hydrogen) atoms. The molecule has 0 saturated carbocycles. The topological polar surface area (TPSA) is 50.4 Å². The quantitative estimate of drug-likeness (QED) is 0.321. The minimum Gasteiger partial charge on any atom is -0.491 e. The smallest absolute Gasteiger partial charge is 0.193 e. The number of hydrogen-bond donors (Lipinski definition) is 2.